The van der Waals surface area contributed by atoms with Crippen LogP contribution in [0.4, 0.5) is 5.69 Å². The van der Waals surface area contributed by atoms with E-state index in [-0.39, 0.29) is 31.4 Å². The number of para-hydroxylation sites is 1. The second kappa shape index (κ2) is 9.37. The minimum atomic E-state index is -0.532. The van der Waals surface area contributed by atoms with Crippen LogP contribution in [-0.4, -0.2) is 37.5 Å². The molecule has 0 saturated heterocycles. The molecule has 0 aliphatic carbocycles. The summed E-state index contributed by atoms with van der Waals surface area (Å²) in [6, 6.07) is 14.2. The number of hydrogen-bond acceptors (Lipinski definition) is 4. The number of ether oxygens (including phenoxy) is 1. The largest absolute Gasteiger partial charge is 0.455 e. The van der Waals surface area contributed by atoms with Crippen LogP contribution in [0.1, 0.15) is 28.8 Å². The van der Waals surface area contributed by atoms with E-state index in [2.05, 4.69) is 5.32 Å². The van der Waals surface area contributed by atoms with E-state index in [1.54, 1.807) is 29.2 Å². The van der Waals surface area contributed by atoms with Crippen molar-refractivity contribution in [2.45, 2.75) is 19.3 Å². The molecule has 0 saturated carbocycles. The third kappa shape index (κ3) is 5.10. The molecule has 0 fully saturated rings. The van der Waals surface area contributed by atoms with Gasteiger partial charge in [0.1, 0.15) is 0 Å². The van der Waals surface area contributed by atoms with E-state index in [4.69, 9.17) is 16.3 Å². The number of rotatable bonds is 6. The van der Waals surface area contributed by atoms with E-state index in [1.807, 2.05) is 24.3 Å². The highest BCUT2D eigenvalue weighted by Gasteiger charge is 2.23. The Morgan fingerprint density at radius 1 is 1.07 bits per heavy atom. The fraction of sp³-hybridized carbons (Fsp3) is 0.286. The quantitative estimate of drug-likeness (QED) is 0.756. The van der Waals surface area contributed by atoms with Crippen molar-refractivity contribution in [3.05, 3.63) is 64.7 Å². The highest BCUT2D eigenvalue weighted by Crippen LogP contribution is 2.26. The van der Waals surface area contributed by atoms with E-state index < -0.39 is 5.97 Å². The maximum Gasteiger partial charge on any atom is 0.308 e. The first-order valence-electron chi connectivity index (χ1n) is 9.12. The van der Waals surface area contributed by atoms with Gasteiger partial charge in [-0.05, 0) is 48.7 Å². The third-order valence-electron chi connectivity index (χ3n) is 4.49. The van der Waals surface area contributed by atoms with Crippen LogP contribution in [0.15, 0.2) is 48.5 Å². The van der Waals surface area contributed by atoms with Gasteiger partial charge >= 0.3 is 5.97 Å². The van der Waals surface area contributed by atoms with E-state index in [9.17, 15) is 14.4 Å². The molecule has 1 aliphatic rings. The maximum absolute atomic E-state index is 12.4. The molecule has 146 valence electrons. The number of amides is 2. The topological polar surface area (TPSA) is 75.7 Å². The molecule has 2 aromatic rings. The minimum absolute atomic E-state index is 0.0107. The Labute approximate surface area is 168 Å². The summed E-state index contributed by atoms with van der Waals surface area (Å²) in [6.07, 6.45) is 1.81. The van der Waals surface area contributed by atoms with E-state index in [1.165, 1.54) is 0 Å². The molecule has 6 nitrogen and oxygen atoms in total. The monoisotopic (exact) mass is 400 g/mol. The van der Waals surface area contributed by atoms with Crippen molar-refractivity contribution < 1.29 is 19.1 Å². The summed E-state index contributed by atoms with van der Waals surface area (Å²) in [4.78, 5) is 37.9. The van der Waals surface area contributed by atoms with Gasteiger partial charge in [-0.3, -0.25) is 14.4 Å². The second-order valence-electron chi connectivity index (χ2n) is 6.45. The number of esters is 1. The van der Waals surface area contributed by atoms with Gasteiger partial charge in [0.2, 0.25) is 0 Å². The number of nitrogens with one attached hydrogen (secondary N) is 1. The van der Waals surface area contributed by atoms with Crippen LogP contribution >= 0.6 is 11.6 Å². The van der Waals surface area contributed by atoms with Crippen LogP contribution in [-0.2, 0) is 20.7 Å². The Balaban J connectivity index is 1.41. The highest BCUT2D eigenvalue weighted by atomic mass is 35.5. The predicted octanol–water partition coefficient (Wildman–Crippen LogP) is 2.98. The van der Waals surface area contributed by atoms with Gasteiger partial charge in [0.05, 0.1) is 6.42 Å². The van der Waals surface area contributed by atoms with Crippen molar-refractivity contribution in [2.24, 2.45) is 0 Å². The average Bonchev–Trinajstić information content (AvgIpc) is 2.72. The zero-order chi connectivity index (χ0) is 19.9. The van der Waals surface area contributed by atoms with Gasteiger partial charge in [0.15, 0.2) is 6.61 Å². The van der Waals surface area contributed by atoms with Crippen molar-refractivity contribution in [1.82, 2.24) is 5.32 Å². The van der Waals surface area contributed by atoms with Gasteiger partial charge in [0.25, 0.3) is 11.8 Å². The normalized spacial score (nSPS) is 12.8. The van der Waals surface area contributed by atoms with Crippen LogP contribution in [0.3, 0.4) is 0 Å². The molecule has 1 N–H and O–H groups in total. The summed E-state index contributed by atoms with van der Waals surface area (Å²) >= 11 is 5.78. The lowest BCUT2D eigenvalue weighted by atomic mass is 10.0. The molecular weight excluding hydrogens is 380 g/mol. The minimum Gasteiger partial charge on any atom is -0.455 e. The van der Waals surface area contributed by atoms with Crippen LogP contribution < -0.4 is 10.2 Å². The standard InChI is InChI=1S/C21H21ClN2O4/c22-17-9-7-16(8-10-17)21(27)23-12-11-20(26)28-14-19(25)24-13-3-5-15-4-1-2-6-18(15)24/h1-2,4,6-10H,3,5,11-14H2,(H,23,27). The van der Waals surface area contributed by atoms with E-state index in [0.717, 1.165) is 24.1 Å². The molecule has 3 rings (SSSR count). The van der Waals surface area contributed by atoms with Crippen molar-refractivity contribution in [3.63, 3.8) is 0 Å². The summed E-state index contributed by atoms with van der Waals surface area (Å²) in [5, 5.41) is 3.18. The highest BCUT2D eigenvalue weighted by molar-refractivity contribution is 6.30. The summed E-state index contributed by atoms with van der Waals surface area (Å²) in [6.45, 7) is 0.434. The van der Waals surface area contributed by atoms with Crippen LogP contribution in [0.2, 0.25) is 5.02 Å². The Hall–Kier alpha value is -2.86. The summed E-state index contributed by atoms with van der Waals surface area (Å²) < 4.78 is 5.08. The molecular formula is C21H21ClN2O4. The zero-order valence-electron chi connectivity index (χ0n) is 15.3. The fourth-order valence-electron chi connectivity index (χ4n) is 3.07. The van der Waals surface area contributed by atoms with Gasteiger partial charge in [-0.25, -0.2) is 0 Å². The molecule has 0 bridgehead atoms. The van der Waals surface area contributed by atoms with Gasteiger partial charge in [-0.15, -0.1) is 0 Å². The smallest absolute Gasteiger partial charge is 0.308 e. The molecule has 1 heterocycles. The van der Waals surface area contributed by atoms with Crippen molar-refractivity contribution in [3.8, 4) is 0 Å². The van der Waals surface area contributed by atoms with Gasteiger partial charge in [-0.2, -0.15) is 0 Å². The number of aryl methyl sites for hydroxylation is 1. The summed E-state index contributed by atoms with van der Waals surface area (Å²) in [5.74, 6) is -1.08. The zero-order valence-corrected chi connectivity index (χ0v) is 16.1. The first-order chi connectivity index (χ1) is 13.5. The van der Waals surface area contributed by atoms with E-state index in [0.29, 0.717) is 17.1 Å². The van der Waals surface area contributed by atoms with Crippen LogP contribution in [0.5, 0.6) is 0 Å². The third-order valence-corrected chi connectivity index (χ3v) is 4.74. The van der Waals surface area contributed by atoms with Crippen molar-refractivity contribution >= 4 is 35.1 Å². The molecule has 0 aromatic heterocycles. The number of anilines is 1. The maximum atomic E-state index is 12.4. The fourth-order valence-corrected chi connectivity index (χ4v) is 3.19. The molecule has 0 radical (unpaired) electrons. The molecule has 28 heavy (non-hydrogen) atoms. The van der Waals surface area contributed by atoms with Crippen LogP contribution in [0.25, 0.3) is 0 Å². The van der Waals surface area contributed by atoms with Gasteiger partial charge < -0.3 is 15.0 Å². The molecule has 0 atom stereocenters. The summed E-state index contributed by atoms with van der Waals surface area (Å²) in [7, 11) is 0. The number of hydrogen-bond donors (Lipinski definition) is 1. The Kier molecular flexibility index (Phi) is 6.66. The number of benzene rings is 2. The lowest BCUT2D eigenvalue weighted by Gasteiger charge is -2.29. The Bertz CT molecular complexity index is 867. The first kappa shape index (κ1) is 19.9. The molecule has 0 spiro atoms. The number of carbonyl (C=O) groups excluding carboxylic acids is 3. The molecule has 2 aromatic carbocycles. The Morgan fingerprint density at radius 2 is 1.82 bits per heavy atom. The van der Waals surface area contributed by atoms with Crippen molar-refractivity contribution in [1.29, 1.82) is 0 Å². The molecule has 2 amide bonds. The SMILES string of the molecule is O=C(CCNC(=O)c1ccc(Cl)cc1)OCC(=O)N1CCCc2ccccc21. The number of nitrogens with zero attached hydrogens (tertiary/aromatic N) is 1. The average molecular weight is 401 g/mol. The Morgan fingerprint density at radius 3 is 2.61 bits per heavy atom. The van der Waals surface area contributed by atoms with Crippen molar-refractivity contribution in [2.75, 3.05) is 24.6 Å². The molecule has 0 unspecified atom stereocenters. The van der Waals surface area contributed by atoms with Gasteiger partial charge in [0, 0.05) is 29.4 Å². The lowest BCUT2D eigenvalue weighted by Crippen LogP contribution is -2.38. The van der Waals surface area contributed by atoms with Gasteiger partial charge in [-0.1, -0.05) is 29.8 Å². The number of fused-ring (bicyclic) bond motifs is 1. The molecule has 7 heteroatoms. The number of halogens is 1. The molecule has 1 aliphatic heterocycles. The first-order valence-corrected chi connectivity index (χ1v) is 9.50. The summed E-state index contributed by atoms with van der Waals surface area (Å²) in [5.41, 5.74) is 2.46. The lowest BCUT2D eigenvalue weighted by molar-refractivity contribution is -0.147. The van der Waals surface area contributed by atoms with E-state index >= 15 is 0 Å². The number of carbonyl (C=O) groups is 3. The second-order valence-corrected chi connectivity index (χ2v) is 6.89. The predicted molar refractivity (Wildman–Crippen MR) is 106 cm³/mol. The van der Waals surface area contributed by atoms with Crippen LogP contribution in [0, 0.1) is 0 Å².